The molecule has 2 aromatic rings. The van der Waals surface area contributed by atoms with E-state index in [-0.39, 0.29) is 55.6 Å². The summed E-state index contributed by atoms with van der Waals surface area (Å²) in [5.41, 5.74) is -0.310. The molecule has 0 aromatic heterocycles. The molecule has 2 rings (SSSR count). The van der Waals surface area contributed by atoms with Crippen molar-refractivity contribution in [2.24, 2.45) is 0 Å². The lowest BCUT2D eigenvalue weighted by atomic mass is 10.2. The SMILES string of the molecule is COc1cc(/[N+]([O-])=[N+](\[O-])c2cc(OC)c(O)c(OC)c2)cc(OC)c1O. The van der Waals surface area contributed by atoms with Gasteiger partial charge in [-0.2, -0.15) is 0 Å². The average Bonchev–Trinajstić information content (AvgIpc) is 2.67. The van der Waals surface area contributed by atoms with Crippen LogP contribution in [0.5, 0.6) is 34.5 Å². The Kier molecular flexibility index (Phi) is 5.45. The number of hydrogen-bond acceptors (Lipinski definition) is 8. The molecule has 0 unspecified atom stereocenters. The molecule has 0 spiro atoms. The van der Waals surface area contributed by atoms with E-state index < -0.39 is 0 Å². The third-order valence-corrected chi connectivity index (χ3v) is 3.54. The van der Waals surface area contributed by atoms with Crippen LogP contribution in [0.4, 0.5) is 11.4 Å². The van der Waals surface area contributed by atoms with Crippen LogP contribution in [0.15, 0.2) is 24.3 Å². The van der Waals surface area contributed by atoms with Crippen LogP contribution >= 0.6 is 0 Å². The second-order valence-electron chi connectivity index (χ2n) is 4.94. The second kappa shape index (κ2) is 7.55. The van der Waals surface area contributed by atoms with Crippen LogP contribution in [0, 0.1) is 10.4 Å². The normalized spacial score (nSPS) is 11.5. The summed E-state index contributed by atoms with van der Waals surface area (Å²) < 4.78 is 19.9. The third-order valence-electron chi connectivity index (χ3n) is 3.54. The van der Waals surface area contributed by atoms with Gasteiger partial charge in [0.2, 0.25) is 11.5 Å². The second-order valence-corrected chi connectivity index (χ2v) is 4.94. The zero-order valence-electron chi connectivity index (χ0n) is 14.5. The van der Waals surface area contributed by atoms with Gasteiger partial charge >= 0.3 is 0 Å². The van der Waals surface area contributed by atoms with Crippen molar-refractivity contribution in [2.45, 2.75) is 0 Å². The molecular weight excluding hydrogens is 348 g/mol. The highest BCUT2D eigenvalue weighted by Crippen LogP contribution is 2.41. The molecule has 0 aliphatic carbocycles. The van der Waals surface area contributed by atoms with Gasteiger partial charge in [-0.1, -0.05) is 0 Å². The van der Waals surface area contributed by atoms with Crippen molar-refractivity contribution in [3.63, 3.8) is 0 Å². The van der Waals surface area contributed by atoms with Gasteiger partial charge in [-0.3, -0.25) is 0 Å². The number of aromatic hydroxyl groups is 2. The maximum absolute atomic E-state index is 12.5. The first kappa shape index (κ1) is 18.8. The van der Waals surface area contributed by atoms with E-state index in [1.807, 2.05) is 0 Å². The van der Waals surface area contributed by atoms with Gasteiger partial charge in [0.25, 0.3) is 11.4 Å². The lowest BCUT2D eigenvalue weighted by Crippen LogP contribution is -2.09. The molecule has 0 saturated carbocycles. The molecule has 140 valence electrons. The Hall–Kier alpha value is -3.56. The molecule has 0 heterocycles. The van der Waals surface area contributed by atoms with E-state index in [4.69, 9.17) is 18.9 Å². The summed E-state index contributed by atoms with van der Waals surface area (Å²) in [6.45, 7) is 0. The summed E-state index contributed by atoms with van der Waals surface area (Å²) in [7, 11) is 5.16. The van der Waals surface area contributed by atoms with Gasteiger partial charge < -0.3 is 39.6 Å². The van der Waals surface area contributed by atoms with Gasteiger partial charge in [0.1, 0.15) is 0 Å². The van der Waals surface area contributed by atoms with Crippen LogP contribution < -0.4 is 18.9 Å². The molecular formula is C16H18N2O8. The summed E-state index contributed by atoms with van der Waals surface area (Å²) in [6, 6.07) is 4.69. The summed E-state index contributed by atoms with van der Waals surface area (Å²) in [5.74, 6) is -0.803. The van der Waals surface area contributed by atoms with E-state index in [9.17, 15) is 20.6 Å². The first-order valence-electron chi connectivity index (χ1n) is 7.22. The van der Waals surface area contributed by atoms with E-state index in [0.29, 0.717) is 0 Å². The van der Waals surface area contributed by atoms with Crippen LogP contribution in [-0.4, -0.2) is 48.4 Å². The number of methoxy groups -OCH3 is 4. The first-order valence-corrected chi connectivity index (χ1v) is 7.22. The lowest BCUT2D eigenvalue weighted by Gasteiger charge is -2.11. The number of azo groups is 1. The van der Waals surface area contributed by atoms with Gasteiger partial charge in [-0.05, 0) is 0 Å². The highest BCUT2D eigenvalue weighted by atomic mass is 16.6. The smallest absolute Gasteiger partial charge is 0.295 e. The molecule has 0 aliphatic rings. The highest BCUT2D eigenvalue weighted by Gasteiger charge is 2.24. The van der Waals surface area contributed by atoms with Crippen LogP contribution in [0.25, 0.3) is 0 Å². The molecule has 2 aromatic carbocycles. The fourth-order valence-corrected chi connectivity index (χ4v) is 2.19. The van der Waals surface area contributed by atoms with Crippen molar-refractivity contribution in [2.75, 3.05) is 28.4 Å². The number of phenolic OH excluding ortho intramolecular Hbond substituents is 2. The largest absolute Gasteiger partial charge is 0.561 e. The Morgan fingerprint density at radius 2 is 0.846 bits per heavy atom. The van der Waals surface area contributed by atoms with E-state index >= 15 is 0 Å². The van der Waals surface area contributed by atoms with E-state index in [1.54, 1.807) is 0 Å². The Morgan fingerprint density at radius 3 is 1.04 bits per heavy atom. The Morgan fingerprint density at radius 1 is 0.615 bits per heavy atom. The number of phenols is 2. The summed E-state index contributed by atoms with van der Waals surface area (Å²) in [4.78, 5) is 0.0193. The van der Waals surface area contributed by atoms with Crippen molar-refractivity contribution in [3.8, 4) is 34.5 Å². The molecule has 26 heavy (non-hydrogen) atoms. The molecule has 0 atom stereocenters. The quantitative estimate of drug-likeness (QED) is 0.453. The lowest BCUT2D eigenvalue weighted by molar-refractivity contribution is -0.896. The zero-order chi connectivity index (χ0) is 19.4. The average molecular weight is 366 g/mol. The van der Waals surface area contributed by atoms with Crippen LogP contribution in [0.2, 0.25) is 0 Å². The van der Waals surface area contributed by atoms with Gasteiger partial charge in [-0.15, -0.1) is 0 Å². The molecule has 0 fully saturated rings. The van der Waals surface area contributed by atoms with Crippen LogP contribution in [0.1, 0.15) is 0 Å². The molecule has 10 nitrogen and oxygen atoms in total. The Labute approximate surface area is 148 Å². The van der Waals surface area contributed by atoms with Crippen molar-refractivity contribution in [1.29, 1.82) is 0 Å². The zero-order valence-corrected chi connectivity index (χ0v) is 14.5. The summed E-state index contributed by atoms with van der Waals surface area (Å²) in [6.07, 6.45) is 0. The fourth-order valence-electron chi connectivity index (χ4n) is 2.19. The Bertz CT molecular complexity index is 731. The number of ether oxygens (including phenoxy) is 4. The maximum Gasteiger partial charge on any atom is 0.295 e. The monoisotopic (exact) mass is 366 g/mol. The molecule has 2 N–H and O–H groups in total. The summed E-state index contributed by atoms with van der Waals surface area (Å²) >= 11 is 0. The molecule has 0 amide bonds. The van der Waals surface area contributed by atoms with E-state index in [1.165, 1.54) is 52.7 Å². The van der Waals surface area contributed by atoms with Gasteiger partial charge in [0.15, 0.2) is 23.0 Å². The van der Waals surface area contributed by atoms with Crippen molar-refractivity contribution in [1.82, 2.24) is 0 Å². The first-order chi connectivity index (χ1) is 12.4. The topological polar surface area (TPSA) is 130 Å². The standard InChI is InChI=1S/C16H18N2O8/c1-23-11-5-9(6-12(24-2)15(11)19)17(21)18(22)10-7-13(25-3)16(20)14(8-10)26-4/h5-8,19-20H,1-4H3/b18-17+. The van der Waals surface area contributed by atoms with Gasteiger partial charge in [0.05, 0.1) is 62.4 Å². The van der Waals surface area contributed by atoms with E-state index in [2.05, 4.69) is 0 Å². The predicted molar refractivity (Wildman–Crippen MR) is 89.0 cm³/mol. The van der Waals surface area contributed by atoms with Gasteiger partial charge in [0, 0.05) is 0 Å². The van der Waals surface area contributed by atoms with Crippen LogP contribution in [0.3, 0.4) is 0 Å². The number of rotatable bonds is 6. The predicted octanol–water partition coefficient (Wildman–Crippen LogP) is 2.57. The number of nitrogens with zero attached hydrogens (tertiary/aromatic N) is 2. The maximum atomic E-state index is 12.5. The highest BCUT2D eigenvalue weighted by molar-refractivity contribution is 5.58. The minimum Gasteiger partial charge on any atom is -0.561 e. The van der Waals surface area contributed by atoms with Crippen molar-refractivity contribution < 1.29 is 38.9 Å². The van der Waals surface area contributed by atoms with Gasteiger partial charge in [-0.25, -0.2) is 0 Å². The van der Waals surface area contributed by atoms with E-state index in [0.717, 1.165) is 0 Å². The summed E-state index contributed by atoms with van der Waals surface area (Å²) in [5, 5.41) is 44.7. The molecule has 0 bridgehead atoms. The number of benzene rings is 2. The molecule has 10 heteroatoms. The minimum absolute atomic E-state index is 0.00966. The fraction of sp³-hybridized carbons (Fsp3) is 0.250. The number of hydrogen-bond donors (Lipinski definition) is 2. The Balaban J connectivity index is 2.63. The molecule has 0 saturated heterocycles. The van der Waals surface area contributed by atoms with Crippen molar-refractivity contribution in [3.05, 3.63) is 34.7 Å². The molecule has 0 aliphatic heterocycles. The van der Waals surface area contributed by atoms with Crippen molar-refractivity contribution >= 4 is 11.4 Å². The molecule has 0 radical (unpaired) electrons. The third kappa shape index (κ3) is 3.29. The van der Waals surface area contributed by atoms with Crippen LogP contribution in [-0.2, 0) is 0 Å². The minimum atomic E-state index is -0.308.